The summed E-state index contributed by atoms with van der Waals surface area (Å²) in [5.41, 5.74) is 2.45. The van der Waals surface area contributed by atoms with E-state index >= 15 is 0 Å². The van der Waals surface area contributed by atoms with E-state index in [4.69, 9.17) is 11.0 Å². The van der Waals surface area contributed by atoms with Crippen molar-refractivity contribution in [3.8, 4) is 6.07 Å². The molecule has 0 spiro atoms. The molecule has 2 N–H and O–H groups in total. The van der Waals surface area contributed by atoms with Crippen molar-refractivity contribution in [1.29, 1.82) is 5.26 Å². The van der Waals surface area contributed by atoms with Crippen LogP contribution in [0.25, 0.3) is 0 Å². The zero-order valence-corrected chi connectivity index (χ0v) is 7.15. The first kappa shape index (κ1) is 10.8. The molecule has 1 rings (SSSR count). The molecular formula is C7H4F2N4O2. The summed E-state index contributed by atoms with van der Waals surface area (Å²) >= 11 is 0. The molecule has 0 aliphatic carbocycles. The fourth-order valence-electron chi connectivity index (χ4n) is 0.959. The van der Waals surface area contributed by atoms with Crippen LogP contribution >= 0.6 is 0 Å². The number of halogens is 2. The van der Waals surface area contributed by atoms with Crippen molar-refractivity contribution in [3.05, 3.63) is 27.6 Å². The van der Waals surface area contributed by atoms with Crippen molar-refractivity contribution in [1.82, 2.24) is 4.98 Å². The van der Waals surface area contributed by atoms with Crippen LogP contribution in [0.5, 0.6) is 0 Å². The summed E-state index contributed by atoms with van der Waals surface area (Å²) in [4.78, 5) is 12.6. The highest BCUT2D eigenvalue weighted by Gasteiger charge is 2.24. The number of nitro groups is 1. The lowest BCUT2D eigenvalue weighted by molar-refractivity contribution is -0.384. The van der Waals surface area contributed by atoms with Gasteiger partial charge in [-0.05, 0) is 0 Å². The van der Waals surface area contributed by atoms with E-state index in [1.165, 1.54) is 6.07 Å². The first-order valence-corrected chi connectivity index (χ1v) is 3.60. The molecule has 0 radical (unpaired) electrons. The van der Waals surface area contributed by atoms with Gasteiger partial charge < -0.3 is 5.73 Å². The Morgan fingerprint density at radius 3 is 2.67 bits per heavy atom. The number of anilines is 1. The highest BCUT2D eigenvalue weighted by Crippen LogP contribution is 2.30. The molecule has 0 aromatic carbocycles. The maximum atomic E-state index is 12.3. The average Bonchev–Trinajstić information content (AvgIpc) is 2.16. The molecule has 0 atom stereocenters. The first-order valence-electron chi connectivity index (χ1n) is 3.60. The number of hydrogen-bond acceptors (Lipinski definition) is 5. The SMILES string of the molecule is N#Cc1c(C(F)F)ncc([N+](=O)[O-])c1N. The predicted octanol–water partition coefficient (Wildman–Crippen LogP) is 1.38. The third kappa shape index (κ3) is 1.80. The van der Waals surface area contributed by atoms with Crippen molar-refractivity contribution in [2.75, 3.05) is 5.73 Å². The van der Waals surface area contributed by atoms with Crippen molar-refractivity contribution in [3.63, 3.8) is 0 Å². The molecule has 0 unspecified atom stereocenters. The molecule has 1 aromatic heterocycles. The first-order chi connectivity index (χ1) is 6.99. The van der Waals surface area contributed by atoms with Gasteiger partial charge in [-0.25, -0.2) is 13.8 Å². The van der Waals surface area contributed by atoms with Crippen LogP contribution in [-0.2, 0) is 0 Å². The van der Waals surface area contributed by atoms with E-state index in [0.717, 1.165) is 0 Å². The highest BCUT2D eigenvalue weighted by molar-refractivity contribution is 5.67. The number of nitrogens with zero attached hydrogens (tertiary/aromatic N) is 3. The molecule has 15 heavy (non-hydrogen) atoms. The molecule has 0 amide bonds. The molecule has 0 bridgehead atoms. The number of alkyl halides is 2. The lowest BCUT2D eigenvalue weighted by atomic mass is 10.1. The second-order valence-corrected chi connectivity index (χ2v) is 2.49. The molecule has 0 aliphatic rings. The topological polar surface area (TPSA) is 106 Å². The Labute approximate surface area is 82.1 Å². The van der Waals surface area contributed by atoms with Crippen LogP contribution in [0.2, 0.25) is 0 Å². The van der Waals surface area contributed by atoms with Gasteiger partial charge in [-0.2, -0.15) is 5.26 Å². The van der Waals surface area contributed by atoms with Gasteiger partial charge in [0.1, 0.15) is 29.2 Å². The Hall–Kier alpha value is -2.30. The number of aromatic nitrogens is 1. The van der Waals surface area contributed by atoms with Crippen LogP contribution in [0.3, 0.4) is 0 Å². The maximum Gasteiger partial charge on any atom is 0.311 e. The van der Waals surface area contributed by atoms with Crippen molar-refractivity contribution in [2.24, 2.45) is 0 Å². The van der Waals surface area contributed by atoms with Gasteiger partial charge in [0, 0.05) is 0 Å². The molecule has 78 valence electrons. The summed E-state index contributed by atoms with van der Waals surface area (Å²) in [5.74, 6) is 0. The van der Waals surface area contributed by atoms with Crippen molar-refractivity contribution < 1.29 is 13.7 Å². The standard InChI is InChI=1S/C7H4F2N4O2/c8-7(9)6-3(1-10)5(11)4(2-12-6)13(14)15/h2,7H,(H2,11,12). The number of pyridine rings is 1. The quantitative estimate of drug-likeness (QED) is 0.591. The minimum absolute atomic E-state index is 0.590. The molecule has 1 heterocycles. The van der Waals surface area contributed by atoms with E-state index in [1.54, 1.807) is 0 Å². The van der Waals surface area contributed by atoms with Crippen LogP contribution in [0.1, 0.15) is 17.7 Å². The number of nitriles is 1. The lowest BCUT2D eigenvalue weighted by Crippen LogP contribution is -2.04. The number of rotatable bonds is 2. The van der Waals surface area contributed by atoms with E-state index in [2.05, 4.69) is 4.98 Å². The zero-order chi connectivity index (χ0) is 11.6. The molecule has 6 nitrogen and oxygen atoms in total. The van der Waals surface area contributed by atoms with Gasteiger partial charge in [-0.15, -0.1) is 0 Å². The average molecular weight is 214 g/mol. The number of hydrogen-bond donors (Lipinski definition) is 1. The molecule has 0 saturated heterocycles. The Morgan fingerprint density at radius 1 is 1.67 bits per heavy atom. The number of nitrogen functional groups attached to an aromatic ring is 1. The summed E-state index contributed by atoms with van der Waals surface area (Å²) in [6, 6.07) is 1.37. The van der Waals surface area contributed by atoms with Crippen LogP contribution in [0.4, 0.5) is 20.2 Å². The van der Waals surface area contributed by atoms with E-state index < -0.39 is 34.0 Å². The van der Waals surface area contributed by atoms with Crippen LogP contribution in [0, 0.1) is 21.4 Å². The molecule has 0 saturated carbocycles. The normalized spacial score (nSPS) is 10.0. The second-order valence-electron chi connectivity index (χ2n) is 2.49. The Kier molecular flexibility index (Phi) is 2.75. The van der Waals surface area contributed by atoms with Crippen LogP contribution in [-0.4, -0.2) is 9.91 Å². The van der Waals surface area contributed by atoms with Gasteiger partial charge >= 0.3 is 5.69 Å². The van der Waals surface area contributed by atoms with Gasteiger partial charge in [0.05, 0.1) is 4.92 Å². The van der Waals surface area contributed by atoms with Crippen LogP contribution < -0.4 is 5.73 Å². The van der Waals surface area contributed by atoms with Crippen molar-refractivity contribution in [2.45, 2.75) is 6.43 Å². The minimum Gasteiger partial charge on any atom is -0.392 e. The Bertz CT molecular complexity index is 455. The Balaban J connectivity index is 3.48. The molecule has 0 fully saturated rings. The summed E-state index contributed by atoms with van der Waals surface area (Å²) in [7, 11) is 0. The minimum atomic E-state index is -3.00. The molecule has 8 heteroatoms. The fourth-order valence-corrected chi connectivity index (χ4v) is 0.959. The third-order valence-electron chi connectivity index (χ3n) is 1.64. The predicted molar refractivity (Wildman–Crippen MR) is 45.0 cm³/mol. The molecule has 0 aliphatic heterocycles. The van der Waals surface area contributed by atoms with Gasteiger partial charge in [0.2, 0.25) is 0 Å². The highest BCUT2D eigenvalue weighted by atomic mass is 19.3. The fraction of sp³-hybridized carbons (Fsp3) is 0.143. The molecule has 1 aromatic rings. The summed E-state index contributed by atoms with van der Waals surface area (Å²) in [5, 5.41) is 18.9. The smallest absolute Gasteiger partial charge is 0.311 e. The molecular weight excluding hydrogens is 210 g/mol. The summed E-state index contributed by atoms with van der Waals surface area (Å²) in [6.07, 6.45) is -2.39. The summed E-state index contributed by atoms with van der Waals surface area (Å²) in [6.45, 7) is 0. The summed E-state index contributed by atoms with van der Waals surface area (Å²) < 4.78 is 24.6. The van der Waals surface area contributed by atoms with Gasteiger partial charge in [0.25, 0.3) is 6.43 Å². The number of nitrogens with two attached hydrogens (primary N) is 1. The van der Waals surface area contributed by atoms with Crippen molar-refractivity contribution >= 4 is 11.4 Å². The van der Waals surface area contributed by atoms with E-state index in [-0.39, 0.29) is 0 Å². The monoisotopic (exact) mass is 214 g/mol. The van der Waals surface area contributed by atoms with Crippen LogP contribution in [0.15, 0.2) is 6.20 Å². The third-order valence-corrected chi connectivity index (χ3v) is 1.64. The van der Waals surface area contributed by atoms with Gasteiger partial charge in [-0.3, -0.25) is 10.1 Å². The van der Waals surface area contributed by atoms with Gasteiger partial charge in [-0.1, -0.05) is 0 Å². The maximum absolute atomic E-state index is 12.3. The second kappa shape index (κ2) is 3.83. The largest absolute Gasteiger partial charge is 0.392 e. The van der Waals surface area contributed by atoms with E-state index in [0.29, 0.717) is 6.20 Å². The van der Waals surface area contributed by atoms with Gasteiger partial charge in [0.15, 0.2) is 0 Å². The zero-order valence-electron chi connectivity index (χ0n) is 7.15. The Morgan fingerprint density at radius 2 is 2.27 bits per heavy atom. The van der Waals surface area contributed by atoms with E-state index in [1.807, 2.05) is 0 Å². The van der Waals surface area contributed by atoms with E-state index in [9.17, 15) is 18.9 Å². The lowest BCUT2D eigenvalue weighted by Gasteiger charge is -2.04.